The second-order valence-corrected chi connectivity index (χ2v) is 4.58. The molecule has 0 fully saturated rings. The van der Waals surface area contributed by atoms with Crippen LogP contribution >= 0.6 is 0 Å². The number of hydrogen-bond acceptors (Lipinski definition) is 2. The molecule has 1 aromatic rings. The van der Waals surface area contributed by atoms with Crippen molar-refractivity contribution in [2.75, 3.05) is 0 Å². The molecule has 0 saturated carbocycles. The second-order valence-electron chi connectivity index (χ2n) is 4.58. The predicted molar refractivity (Wildman–Crippen MR) is 57.5 cm³/mol. The van der Waals surface area contributed by atoms with Crippen LogP contribution < -0.4 is 0 Å². The van der Waals surface area contributed by atoms with Crippen molar-refractivity contribution in [1.82, 2.24) is 9.97 Å². The van der Waals surface area contributed by atoms with Gasteiger partial charge < -0.3 is 0 Å². The van der Waals surface area contributed by atoms with Gasteiger partial charge in [-0.05, 0) is 46.5 Å². The highest BCUT2D eigenvalue weighted by atomic mass is 19.1. The summed E-state index contributed by atoms with van der Waals surface area (Å²) >= 11 is 0. The maximum Gasteiger partial charge on any atom is 0.136 e. The first-order chi connectivity index (χ1) is 7.00. The molecule has 1 atom stereocenters. The fraction of sp³-hybridized carbons (Fsp3) is 0.667. The van der Waals surface area contributed by atoms with Crippen LogP contribution in [-0.2, 0) is 12.1 Å². The third-order valence-corrected chi connectivity index (χ3v) is 3.11. The van der Waals surface area contributed by atoms with Crippen molar-refractivity contribution < 1.29 is 4.39 Å². The molecule has 3 heteroatoms. The Morgan fingerprint density at radius 2 is 1.93 bits per heavy atom. The average Bonchev–Trinajstić information content (AvgIpc) is 2.23. The molecule has 0 bridgehead atoms. The van der Waals surface area contributed by atoms with Crippen molar-refractivity contribution >= 4 is 0 Å². The highest BCUT2D eigenvalue weighted by Gasteiger charge is 2.33. The van der Waals surface area contributed by atoms with Crippen LogP contribution in [0.5, 0.6) is 0 Å². The van der Waals surface area contributed by atoms with Gasteiger partial charge in [-0.3, -0.25) is 0 Å². The minimum atomic E-state index is -1.25. The summed E-state index contributed by atoms with van der Waals surface area (Å²) in [4.78, 5) is 8.65. The molecule has 1 aromatic heterocycles. The van der Waals surface area contributed by atoms with E-state index in [0.717, 1.165) is 42.0 Å². The van der Waals surface area contributed by atoms with Crippen LogP contribution in [0.15, 0.2) is 0 Å². The maximum atomic E-state index is 14.4. The summed E-state index contributed by atoms with van der Waals surface area (Å²) in [6.45, 7) is 5.41. The normalized spacial score (nSPS) is 25.9. The molecule has 82 valence electrons. The Labute approximate surface area is 89.9 Å². The van der Waals surface area contributed by atoms with E-state index >= 15 is 0 Å². The molecule has 0 N–H and O–H groups in total. The van der Waals surface area contributed by atoms with E-state index in [1.165, 1.54) is 0 Å². The van der Waals surface area contributed by atoms with Gasteiger partial charge in [-0.1, -0.05) is 0 Å². The molecule has 1 heterocycles. The topological polar surface area (TPSA) is 25.8 Å². The van der Waals surface area contributed by atoms with E-state index in [1.807, 2.05) is 13.8 Å². The summed E-state index contributed by atoms with van der Waals surface area (Å²) < 4.78 is 14.4. The Hall–Kier alpha value is -0.990. The first-order valence-electron chi connectivity index (χ1n) is 5.54. The molecule has 0 amide bonds. The fourth-order valence-corrected chi connectivity index (χ4v) is 2.52. The van der Waals surface area contributed by atoms with E-state index < -0.39 is 5.67 Å². The Morgan fingerprint density at radius 3 is 2.67 bits per heavy atom. The summed E-state index contributed by atoms with van der Waals surface area (Å²) in [5.74, 6) is 0.754. The number of aryl methyl sites for hydroxylation is 3. The number of hydrogen-bond donors (Lipinski definition) is 0. The van der Waals surface area contributed by atoms with E-state index in [0.29, 0.717) is 6.42 Å². The molecule has 0 aliphatic heterocycles. The number of aromatic nitrogens is 2. The van der Waals surface area contributed by atoms with Gasteiger partial charge in [-0.25, -0.2) is 14.4 Å². The monoisotopic (exact) mass is 208 g/mol. The molecule has 0 saturated heterocycles. The Morgan fingerprint density at radius 1 is 1.20 bits per heavy atom. The molecule has 1 aliphatic rings. The summed E-state index contributed by atoms with van der Waals surface area (Å²) in [5, 5.41) is 0. The molecular weight excluding hydrogens is 191 g/mol. The molecule has 1 unspecified atom stereocenters. The number of halogens is 1. The van der Waals surface area contributed by atoms with Gasteiger partial charge in [0.25, 0.3) is 0 Å². The smallest absolute Gasteiger partial charge is 0.136 e. The van der Waals surface area contributed by atoms with Crippen molar-refractivity contribution in [3.05, 3.63) is 22.8 Å². The zero-order chi connectivity index (χ0) is 11.1. The van der Waals surface area contributed by atoms with Crippen LogP contribution in [-0.4, -0.2) is 9.97 Å². The molecule has 0 aromatic carbocycles. The van der Waals surface area contributed by atoms with Gasteiger partial charge in [0, 0.05) is 11.3 Å². The van der Waals surface area contributed by atoms with Crippen LogP contribution in [0.3, 0.4) is 0 Å². The fourth-order valence-electron chi connectivity index (χ4n) is 2.52. The van der Waals surface area contributed by atoms with E-state index in [4.69, 9.17) is 0 Å². The van der Waals surface area contributed by atoms with Crippen molar-refractivity contribution in [1.29, 1.82) is 0 Å². The van der Waals surface area contributed by atoms with Gasteiger partial charge in [-0.15, -0.1) is 0 Å². The number of rotatable bonds is 0. The standard InChI is InChI=1S/C12H17FN2/c1-8-11-10(15-9(2)14-8)6-4-5-7-12(11,3)13/h4-7H2,1-3H3. The Kier molecular flexibility index (Phi) is 2.49. The summed E-state index contributed by atoms with van der Waals surface area (Å²) in [6.07, 6.45) is 3.44. The van der Waals surface area contributed by atoms with Crippen LogP contribution in [0.25, 0.3) is 0 Å². The molecule has 0 radical (unpaired) electrons. The van der Waals surface area contributed by atoms with Crippen LogP contribution in [0.2, 0.25) is 0 Å². The first-order valence-corrected chi connectivity index (χ1v) is 5.54. The van der Waals surface area contributed by atoms with Gasteiger partial charge in [0.15, 0.2) is 0 Å². The average molecular weight is 208 g/mol. The van der Waals surface area contributed by atoms with Crippen molar-refractivity contribution in [3.63, 3.8) is 0 Å². The van der Waals surface area contributed by atoms with Crippen molar-refractivity contribution in [2.45, 2.75) is 52.1 Å². The zero-order valence-electron chi connectivity index (χ0n) is 9.60. The van der Waals surface area contributed by atoms with Crippen LogP contribution in [0.4, 0.5) is 4.39 Å². The first kappa shape index (κ1) is 10.5. The highest BCUT2D eigenvalue weighted by molar-refractivity contribution is 5.32. The molecule has 0 spiro atoms. The SMILES string of the molecule is Cc1nc(C)c2c(n1)CCCCC2(C)F. The molecular formula is C12H17FN2. The Bertz CT molecular complexity index is 385. The summed E-state index contributed by atoms with van der Waals surface area (Å²) in [7, 11) is 0. The van der Waals surface area contributed by atoms with E-state index in [2.05, 4.69) is 9.97 Å². The number of fused-ring (bicyclic) bond motifs is 1. The molecule has 15 heavy (non-hydrogen) atoms. The third kappa shape index (κ3) is 1.87. The molecule has 1 aliphatic carbocycles. The maximum absolute atomic E-state index is 14.4. The van der Waals surface area contributed by atoms with Gasteiger partial charge >= 0.3 is 0 Å². The lowest BCUT2D eigenvalue weighted by Gasteiger charge is -2.22. The lowest BCUT2D eigenvalue weighted by Crippen LogP contribution is -2.19. The van der Waals surface area contributed by atoms with Gasteiger partial charge in [0.2, 0.25) is 0 Å². The minimum Gasteiger partial charge on any atom is -0.239 e. The van der Waals surface area contributed by atoms with E-state index in [9.17, 15) is 4.39 Å². The van der Waals surface area contributed by atoms with Gasteiger partial charge in [0.1, 0.15) is 11.5 Å². The van der Waals surface area contributed by atoms with Crippen LogP contribution in [0, 0.1) is 13.8 Å². The zero-order valence-corrected chi connectivity index (χ0v) is 9.60. The largest absolute Gasteiger partial charge is 0.239 e. The summed E-state index contributed by atoms with van der Waals surface area (Å²) in [6, 6.07) is 0. The lowest BCUT2D eigenvalue weighted by atomic mass is 9.92. The third-order valence-electron chi connectivity index (χ3n) is 3.11. The van der Waals surface area contributed by atoms with Gasteiger partial charge in [0.05, 0.1) is 5.69 Å². The quantitative estimate of drug-likeness (QED) is 0.612. The number of nitrogens with zero attached hydrogens (tertiary/aromatic N) is 2. The van der Waals surface area contributed by atoms with Gasteiger partial charge in [-0.2, -0.15) is 0 Å². The summed E-state index contributed by atoms with van der Waals surface area (Å²) in [5.41, 5.74) is 1.22. The predicted octanol–water partition coefficient (Wildman–Crippen LogP) is 3.00. The second kappa shape index (κ2) is 3.54. The van der Waals surface area contributed by atoms with Crippen molar-refractivity contribution in [3.8, 4) is 0 Å². The van der Waals surface area contributed by atoms with E-state index in [1.54, 1.807) is 6.92 Å². The van der Waals surface area contributed by atoms with E-state index in [-0.39, 0.29) is 0 Å². The van der Waals surface area contributed by atoms with Crippen LogP contribution in [0.1, 0.15) is 49.0 Å². The molecule has 2 rings (SSSR count). The minimum absolute atomic E-state index is 0.591. The molecule has 2 nitrogen and oxygen atoms in total. The number of alkyl halides is 1. The van der Waals surface area contributed by atoms with Crippen molar-refractivity contribution in [2.24, 2.45) is 0 Å². The lowest BCUT2D eigenvalue weighted by molar-refractivity contribution is 0.173. The Balaban J connectivity index is 2.61. The highest BCUT2D eigenvalue weighted by Crippen LogP contribution is 2.37.